The van der Waals surface area contributed by atoms with E-state index in [0.29, 0.717) is 0 Å². The molecule has 1 fully saturated rings. The molecule has 0 heterocycles. The number of amides is 1. The van der Waals surface area contributed by atoms with Gasteiger partial charge in [-0.1, -0.05) is 30.5 Å². The van der Waals surface area contributed by atoms with Crippen molar-refractivity contribution >= 4 is 17.5 Å². The molecule has 1 aromatic rings. The Morgan fingerprint density at radius 1 is 1.44 bits per heavy atom. The van der Waals surface area contributed by atoms with Crippen molar-refractivity contribution in [3.05, 3.63) is 35.1 Å². The van der Waals surface area contributed by atoms with Crippen LogP contribution >= 0.6 is 11.6 Å². The Hall–Kier alpha value is -1.09. The number of alkyl halides is 1. The largest absolute Gasteiger partial charge is 0.352 e. The Balaban J connectivity index is 2.07. The Labute approximate surface area is 112 Å². The first-order valence-electron chi connectivity index (χ1n) is 6.28. The summed E-state index contributed by atoms with van der Waals surface area (Å²) in [6.07, 6.45) is 4.25. The van der Waals surface area contributed by atoms with Gasteiger partial charge in [0.1, 0.15) is 11.2 Å². The van der Waals surface area contributed by atoms with Gasteiger partial charge in [-0.15, -0.1) is 11.6 Å². The van der Waals surface area contributed by atoms with Crippen LogP contribution in [0.5, 0.6) is 0 Å². The zero-order valence-electron chi connectivity index (χ0n) is 10.4. The molecular weight excluding hydrogens is 253 g/mol. The van der Waals surface area contributed by atoms with Crippen LogP contribution in [0, 0.1) is 12.7 Å². The van der Waals surface area contributed by atoms with Gasteiger partial charge >= 0.3 is 0 Å². The predicted octanol–water partition coefficient (Wildman–Crippen LogP) is 3.47. The molecule has 4 heteroatoms. The zero-order chi connectivity index (χ0) is 13.1. The van der Waals surface area contributed by atoms with Crippen molar-refractivity contribution in [3.63, 3.8) is 0 Å². The monoisotopic (exact) mass is 269 g/mol. The molecule has 2 nitrogen and oxygen atoms in total. The molecule has 1 amide bonds. The average molecular weight is 270 g/mol. The number of aryl methyl sites for hydroxylation is 1. The summed E-state index contributed by atoms with van der Waals surface area (Å²) in [5, 5.41) is 1.93. The highest BCUT2D eigenvalue weighted by Crippen LogP contribution is 2.26. The second-order valence-corrected chi connectivity index (χ2v) is 5.31. The molecule has 1 N–H and O–H groups in total. The van der Waals surface area contributed by atoms with E-state index in [9.17, 15) is 9.18 Å². The third kappa shape index (κ3) is 3.02. The summed E-state index contributed by atoms with van der Waals surface area (Å²) in [5.74, 6) is -0.727. The van der Waals surface area contributed by atoms with Crippen molar-refractivity contribution in [2.24, 2.45) is 0 Å². The van der Waals surface area contributed by atoms with Gasteiger partial charge < -0.3 is 5.32 Å². The van der Waals surface area contributed by atoms with E-state index in [1.807, 2.05) is 6.92 Å². The molecule has 1 saturated carbocycles. The number of hydrogen-bond acceptors (Lipinski definition) is 1. The van der Waals surface area contributed by atoms with Gasteiger partial charge in [0.25, 0.3) is 0 Å². The standard InChI is InChI=1S/C14H17ClFNO/c1-9-6-7-12(16)11(8-9)13(15)14(18)17-10-4-2-3-5-10/h6-8,10,13H,2-5H2,1H3,(H,17,18). The second-order valence-electron chi connectivity index (χ2n) is 4.88. The summed E-state index contributed by atoms with van der Waals surface area (Å²) in [5.41, 5.74) is 1.15. The molecule has 18 heavy (non-hydrogen) atoms. The van der Waals surface area contributed by atoms with Gasteiger partial charge in [-0.3, -0.25) is 4.79 Å². The molecule has 0 aromatic heterocycles. The summed E-state index contributed by atoms with van der Waals surface area (Å²) in [6, 6.07) is 4.84. The molecule has 1 unspecified atom stereocenters. The fraction of sp³-hybridized carbons (Fsp3) is 0.500. The Morgan fingerprint density at radius 3 is 2.78 bits per heavy atom. The fourth-order valence-corrected chi connectivity index (χ4v) is 2.57. The van der Waals surface area contributed by atoms with Crippen LogP contribution in [0.1, 0.15) is 42.2 Å². The lowest BCUT2D eigenvalue weighted by Gasteiger charge is -2.16. The summed E-state index contributed by atoms with van der Waals surface area (Å²) in [6.45, 7) is 1.85. The maximum absolute atomic E-state index is 13.6. The third-order valence-electron chi connectivity index (χ3n) is 3.36. The van der Waals surface area contributed by atoms with Crippen molar-refractivity contribution in [2.75, 3.05) is 0 Å². The number of nitrogens with one attached hydrogen (secondary N) is 1. The smallest absolute Gasteiger partial charge is 0.242 e. The third-order valence-corrected chi connectivity index (χ3v) is 3.79. The highest BCUT2D eigenvalue weighted by atomic mass is 35.5. The molecule has 0 spiro atoms. The normalized spacial score (nSPS) is 17.7. The molecule has 1 aliphatic rings. The van der Waals surface area contributed by atoms with Crippen molar-refractivity contribution in [1.29, 1.82) is 0 Å². The lowest BCUT2D eigenvalue weighted by atomic mass is 10.1. The molecule has 1 aliphatic carbocycles. The quantitative estimate of drug-likeness (QED) is 0.837. The topological polar surface area (TPSA) is 29.1 Å². The molecule has 98 valence electrons. The summed E-state index contributed by atoms with van der Waals surface area (Å²) < 4.78 is 13.6. The van der Waals surface area contributed by atoms with E-state index in [-0.39, 0.29) is 17.5 Å². The lowest BCUT2D eigenvalue weighted by Crippen LogP contribution is -2.35. The van der Waals surface area contributed by atoms with E-state index in [1.54, 1.807) is 12.1 Å². The minimum Gasteiger partial charge on any atom is -0.352 e. The molecular formula is C14H17ClFNO. The number of benzene rings is 1. The van der Waals surface area contributed by atoms with Gasteiger partial charge in [0.15, 0.2) is 0 Å². The van der Waals surface area contributed by atoms with Crippen molar-refractivity contribution in [3.8, 4) is 0 Å². The van der Waals surface area contributed by atoms with Crippen LogP contribution in [0.3, 0.4) is 0 Å². The highest BCUT2D eigenvalue weighted by Gasteiger charge is 2.25. The van der Waals surface area contributed by atoms with Crippen LogP contribution in [0.4, 0.5) is 4.39 Å². The first kappa shape index (κ1) is 13.3. The van der Waals surface area contributed by atoms with Gasteiger partial charge in [0, 0.05) is 11.6 Å². The van der Waals surface area contributed by atoms with Gasteiger partial charge in [0.05, 0.1) is 0 Å². The number of halogens is 2. The first-order valence-corrected chi connectivity index (χ1v) is 6.72. The van der Waals surface area contributed by atoms with Gasteiger partial charge in [-0.05, 0) is 25.8 Å². The molecule has 0 aliphatic heterocycles. The Bertz CT molecular complexity index is 443. The maximum atomic E-state index is 13.6. The van der Waals surface area contributed by atoms with Gasteiger partial charge in [0.2, 0.25) is 5.91 Å². The van der Waals surface area contributed by atoms with Crippen LogP contribution in [-0.4, -0.2) is 11.9 Å². The molecule has 0 bridgehead atoms. The second kappa shape index (κ2) is 5.70. The summed E-state index contributed by atoms with van der Waals surface area (Å²) >= 11 is 6.06. The number of rotatable bonds is 3. The number of carbonyl (C=O) groups is 1. The van der Waals surface area contributed by atoms with Gasteiger partial charge in [-0.25, -0.2) is 4.39 Å². The van der Waals surface area contributed by atoms with E-state index < -0.39 is 11.2 Å². The molecule has 0 saturated heterocycles. The van der Waals surface area contributed by atoms with Crippen molar-refractivity contribution in [2.45, 2.75) is 44.0 Å². The summed E-state index contributed by atoms with van der Waals surface area (Å²) in [7, 11) is 0. The van der Waals surface area contributed by atoms with Crippen LogP contribution in [0.25, 0.3) is 0 Å². The zero-order valence-corrected chi connectivity index (χ0v) is 11.1. The minimum absolute atomic E-state index is 0.201. The molecule has 0 radical (unpaired) electrons. The SMILES string of the molecule is Cc1ccc(F)c(C(Cl)C(=O)NC2CCCC2)c1. The van der Waals surface area contributed by atoms with Crippen LogP contribution in [-0.2, 0) is 4.79 Å². The Morgan fingerprint density at radius 2 is 2.11 bits per heavy atom. The Kier molecular flexibility index (Phi) is 4.23. The maximum Gasteiger partial charge on any atom is 0.242 e. The van der Waals surface area contributed by atoms with E-state index in [0.717, 1.165) is 31.2 Å². The lowest BCUT2D eigenvalue weighted by molar-refractivity contribution is -0.121. The molecule has 1 atom stereocenters. The van der Waals surface area contributed by atoms with Crippen LogP contribution in [0.2, 0.25) is 0 Å². The van der Waals surface area contributed by atoms with E-state index >= 15 is 0 Å². The van der Waals surface area contributed by atoms with E-state index in [1.165, 1.54) is 6.07 Å². The van der Waals surface area contributed by atoms with Crippen LogP contribution < -0.4 is 5.32 Å². The highest BCUT2D eigenvalue weighted by molar-refractivity contribution is 6.30. The van der Waals surface area contributed by atoms with E-state index in [2.05, 4.69) is 5.32 Å². The fourth-order valence-electron chi connectivity index (χ4n) is 2.34. The average Bonchev–Trinajstić information content (AvgIpc) is 2.84. The predicted molar refractivity (Wildman–Crippen MR) is 70.1 cm³/mol. The number of carbonyl (C=O) groups excluding carboxylic acids is 1. The summed E-state index contributed by atoms with van der Waals surface area (Å²) in [4.78, 5) is 12.0. The van der Waals surface area contributed by atoms with Crippen molar-refractivity contribution in [1.82, 2.24) is 5.32 Å². The molecule has 1 aromatic carbocycles. The number of hydrogen-bond donors (Lipinski definition) is 1. The van der Waals surface area contributed by atoms with Crippen molar-refractivity contribution < 1.29 is 9.18 Å². The van der Waals surface area contributed by atoms with Gasteiger partial charge in [-0.2, -0.15) is 0 Å². The first-order chi connectivity index (χ1) is 8.58. The van der Waals surface area contributed by atoms with E-state index in [4.69, 9.17) is 11.6 Å². The minimum atomic E-state index is -0.953. The molecule has 2 rings (SSSR count). The van der Waals surface area contributed by atoms with Crippen LogP contribution in [0.15, 0.2) is 18.2 Å².